The summed E-state index contributed by atoms with van der Waals surface area (Å²) in [6, 6.07) is 10.0. The maximum Gasteiger partial charge on any atom is 0.280 e. The third-order valence-corrected chi connectivity index (χ3v) is 6.10. The molecule has 2 heterocycles. The number of aromatic nitrogens is 3. The average Bonchev–Trinajstić information content (AvgIpc) is 3.45. The van der Waals surface area contributed by atoms with E-state index in [1.54, 1.807) is 24.3 Å². The van der Waals surface area contributed by atoms with Crippen molar-refractivity contribution in [2.24, 2.45) is 0 Å². The number of nitrogens with zero attached hydrogens (tertiary/aromatic N) is 2. The van der Waals surface area contributed by atoms with Gasteiger partial charge in [-0.15, -0.1) is 0 Å². The fourth-order valence-corrected chi connectivity index (χ4v) is 4.02. The zero-order chi connectivity index (χ0) is 20.3. The van der Waals surface area contributed by atoms with Crippen LogP contribution >= 0.6 is 34.8 Å². The predicted molar refractivity (Wildman–Crippen MR) is 115 cm³/mol. The molecule has 0 aliphatic heterocycles. The molecule has 0 saturated heterocycles. The summed E-state index contributed by atoms with van der Waals surface area (Å²) in [6.45, 7) is 0. The molecule has 0 amide bonds. The molecule has 1 aliphatic rings. The van der Waals surface area contributed by atoms with Crippen LogP contribution < -0.4 is 5.56 Å². The highest BCUT2D eigenvalue weighted by Gasteiger charge is 2.31. The van der Waals surface area contributed by atoms with Gasteiger partial charge in [-0.2, -0.15) is 0 Å². The van der Waals surface area contributed by atoms with Crippen molar-refractivity contribution >= 4 is 40.4 Å². The number of hydrogen-bond acceptors (Lipinski definition) is 3. The van der Waals surface area contributed by atoms with E-state index in [0.717, 1.165) is 29.7 Å². The molecule has 2 N–H and O–H groups in total. The van der Waals surface area contributed by atoms with Crippen LogP contribution in [0.25, 0.3) is 27.9 Å². The van der Waals surface area contributed by atoms with Crippen LogP contribution in [-0.4, -0.2) is 19.7 Å². The van der Waals surface area contributed by atoms with E-state index in [1.165, 1.54) is 16.8 Å². The van der Waals surface area contributed by atoms with Gasteiger partial charge in [0.1, 0.15) is 5.75 Å². The van der Waals surface area contributed by atoms with E-state index >= 15 is 0 Å². The molecular weight excluding hydrogens is 433 g/mol. The summed E-state index contributed by atoms with van der Waals surface area (Å²) in [5.41, 5.74) is 3.49. The fourth-order valence-electron chi connectivity index (χ4n) is 3.55. The lowest BCUT2D eigenvalue weighted by atomic mass is 10.0. The number of aromatic hydroxyl groups is 1. The first kappa shape index (κ1) is 18.6. The van der Waals surface area contributed by atoms with Gasteiger partial charge in [0, 0.05) is 34.0 Å². The van der Waals surface area contributed by atoms with Crippen LogP contribution in [0.5, 0.6) is 5.75 Å². The summed E-state index contributed by atoms with van der Waals surface area (Å²) in [5, 5.41) is 14.8. The summed E-state index contributed by atoms with van der Waals surface area (Å²) in [4.78, 5) is 17.8. The molecule has 5 rings (SSSR count). The number of benzene rings is 2. The number of aromatic amines is 1. The van der Waals surface area contributed by atoms with E-state index in [0.29, 0.717) is 32.2 Å². The smallest absolute Gasteiger partial charge is 0.280 e. The minimum absolute atomic E-state index is 0.0740. The van der Waals surface area contributed by atoms with Gasteiger partial charge in [0.15, 0.2) is 5.65 Å². The van der Waals surface area contributed by atoms with E-state index in [2.05, 4.69) is 10.1 Å². The summed E-state index contributed by atoms with van der Waals surface area (Å²) in [5.74, 6) is 0.267. The molecule has 0 unspecified atom stereocenters. The molecule has 4 aromatic rings. The molecule has 1 fully saturated rings. The van der Waals surface area contributed by atoms with Gasteiger partial charge in [0.25, 0.3) is 5.56 Å². The molecule has 29 heavy (non-hydrogen) atoms. The van der Waals surface area contributed by atoms with Crippen LogP contribution in [0.2, 0.25) is 15.1 Å². The Balaban J connectivity index is 1.77. The SMILES string of the molecule is O=c1c(-c2ccc(Cl)cc2O)cnc2c(-c3ccc(Cl)c(Cl)c3)c(C3CC3)[nH]n12. The maximum atomic E-state index is 13.2. The topological polar surface area (TPSA) is 70.4 Å². The molecule has 0 atom stereocenters. The van der Waals surface area contributed by atoms with Gasteiger partial charge in [-0.3, -0.25) is 9.89 Å². The summed E-state index contributed by atoms with van der Waals surface area (Å²) in [6.07, 6.45) is 3.56. The predicted octanol–water partition coefficient (Wildman–Crippen LogP) is 5.90. The van der Waals surface area contributed by atoms with Gasteiger partial charge < -0.3 is 5.11 Å². The van der Waals surface area contributed by atoms with Crippen molar-refractivity contribution in [2.45, 2.75) is 18.8 Å². The Morgan fingerprint density at radius 1 is 1.03 bits per heavy atom. The summed E-state index contributed by atoms with van der Waals surface area (Å²) >= 11 is 18.2. The lowest BCUT2D eigenvalue weighted by molar-refractivity contribution is 0.477. The fraction of sp³-hybridized carbons (Fsp3) is 0.143. The molecule has 2 aromatic carbocycles. The quantitative estimate of drug-likeness (QED) is 0.411. The van der Waals surface area contributed by atoms with E-state index in [4.69, 9.17) is 34.8 Å². The first-order valence-electron chi connectivity index (χ1n) is 9.02. The normalized spacial score (nSPS) is 13.9. The van der Waals surface area contributed by atoms with Gasteiger partial charge in [-0.05, 0) is 48.7 Å². The highest BCUT2D eigenvalue weighted by molar-refractivity contribution is 6.42. The lowest BCUT2D eigenvalue weighted by Crippen LogP contribution is -2.17. The van der Waals surface area contributed by atoms with Crippen molar-refractivity contribution in [3.63, 3.8) is 0 Å². The Kier molecular flexibility index (Phi) is 4.35. The summed E-state index contributed by atoms with van der Waals surface area (Å²) < 4.78 is 1.43. The van der Waals surface area contributed by atoms with Crippen molar-refractivity contribution < 1.29 is 5.11 Å². The molecule has 1 saturated carbocycles. The molecule has 0 radical (unpaired) electrons. The molecular formula is C21H14Cl3N3O2. The van der Waals surface area contributed by atoms with E-state index in [1.807, 2.05) is 6.07 Å². The van der Waals surface area contributed by atoms with E-state index in [-0.39, 0.29) is 16.9 Å². The minimum atomic E-state index is -0.305. The van der Waals surface area contributed by atoms with Gasteiger partial charge in [0.2, 0.25) is 0 Å². The van der Waals surface area contributed by atoms with Crippen LogP contribution in [0.3, 0.4) is 0 Å². The Morgan fingerprint density at radius 2 is 1.83 bits per heavy atom. The van der Waals surface area contributed by atoms with Crippen LogP contribution in [0.4, 0.5) is 0 Å². The third kappa shape index (κ3) is 3.10. The number of phenolic OH excluding ortho intramolecular Hbond substituents is 1. The van der Waals surface area contributed by atoms with Crippen molar-refractivity contribution in [3.05, 3.63) is 73.7 Å². The average molecular weight is 447 g/mol. The van der Waals surface area contributed by atoms with Gasteiger partial charge in [-0.25, -0.2) is 9.50 Å². The molecule has 146 valence electrons. The van der Waals surface area contributed by atoms with Crippen LogP contribution in [-0.2, 0) is 0 Å². The highest BCUT2D eigenvalue weighted by Crippen LogP contribution is 2.45. The number of rotatable bonds is 3. The van der Waals surface area contributed by atoms with Crippen molar-refractivity contribution in [2.75, 3.05) is 0 Å². The van der Waals surface area contributed by atoms with Gasteiger partial charge >= 0.3 is 0 Å². The first-order chi connectivity index (χ1) is 13.9. The molecule has 0 spiro atoms. The zero-order valence-corrected chi connectivity index (χ0v) is 17.2. The van der Waals surface area contributed by atoms with Crippen LogP contribution in [0, 0.1) is 0 Å². The second-order valence-corrected chi connectivity index (χ2v) is 8.35. The van der Waals surface area contributed by atoms with E-state index < -0.39 is 0 Å². The van der Waals surface area contributed by atoms with Gasteiger partial charge in [-0.1, -0.05) is 40.9 Å². The van der Waals surface area contributed by atoms with Crippen molar-refractivity contribution in [3.8, 4) is 28.0 Å². The Morgan fingerprint density at radius 3 is 2.52 bits per heavy atom. The highest BCUT2D eigenvalue weighted by atomic mass is 35.5. The summed E-state index contributed by atoms with van der Waals surface area (Å²) in [7, 11) is 0. The number of phenols is 1. The molecule has 0 bridgehead atoms. The van der Waals surface area contributed by atoms with E-state index in [9.17, 15) is 9.90 Å². The first-order valence-corrected chi connectivity index (χ1v) is 10.2. The minimum Gasteiger partial charge on any atom is -0.507 e. The molecule has 1 aliphatic carbocycles. The molecule has 2 aromatic heterocycles. The Hall–Kier alpha value is -2.47. The standard InChI is InChI=1S/C21H14Cl3N3O2/c22-12-4-5-13(17(28)8-12)14-9-25-20-18(11-3-6-15(23)16(24)7-11)19(10-1-2-10)26-27(20)21(14)29/h3-10,26,28H,1-2H2. The number of fused-ring (bicyclic) bond motifs is 1. The third-order valence-electron chi connectivity index (χ3n) is 5.13. The second kappa shape index (κ2) is 6.80. The molecule has 5 nitrogen and oxygen atoms in total. The maximum absolute atomic E-state index is 13.2. The monoisotopic (exact) mass is 445 g/mol. The number of H-pyrrole nitrogens is 1. The molecule has 8 heteroatoms. The van der Waals surface area contributed by atoms with Crippen molar-refractivity contribution in [1.82, 2.24) is 14.6 Å². The Labute approximate surface area is 180 Å². The zero-order valence-electron chi connectivity index (χ0n) is 14.9. The number of hydrogen-bond donors (Lipinski definition) is 2. The largest absolute Gasteiger partial charge is 0.507 e. The number of nitrogens with one attached hydrogen (secondary N) is 1. The van der Waals surface area contributed by atoms with Crippen molar-refractivity contribution in [1.29, 1.82) is 0 Å². The Bertz CT molecular complexity index is 1340. The lowest BCUT2D eigenvalue weighted by Gasteiger charge is -2.06. The number of halogens is 3. The van der Waals surface area contributed by atoms with Crippen LogP contribution in [0.15, 0.2) is 47.4 Å². The second-order valence-electron chi connectivity index (χ2n) is 7.10. The van der Waals surface area contributed by atoms with Crippen LogP contribution in [0.1, 0.15) is 24.5 Å². The van der Waals surface area contributed by atoms with Gasteiger partial charge in [0.05, 0.1) is 15.6 Å².